The highest BCUT2D eigenvalue weighted by Gasteiger charge is 2.04. The minimum atomic E-state index is 0.858. The summed E-state index contributed by atoms with van der Waals surface area (Å²) in [6, 6.07) is 19.1. The monoisotopic (exact) mass is 280 g/mol. The molecule has 0 bridgehead atoms. The van der Waals surface area contributed by atoms with Crippen LogP contribution >= 0.6 is 0 Å². The minimum Gasteiger partial charge on any atom is -0.401 e. The lowest BCUT2D eigenvalue weighted by atomic mass is 10.0. The molecule has 0 spiro atoms. The molecule has 0 radical (unpaired) electrons. The second-order valence-electron chi connectivity index (χ2n) is 5.40. The van der Waals surface area contributed by atoms with Crippen LogP contribution in [0.2, 0.25) is 0 Å². The maximum Gasteiger partial charge on any atom is 0.0339 e. The van der Waals surface area contributed by atoms with E-state index in [-0.39, 0.29) is 0 Å². The number of benzene rings is 2. The van der Waals surface area contributed by atoms with Gasteiger partial charge < -0.3 is 11.1 Å². The molecule has 0 saturated carbocycles. The van der Waals surface area contributed by atoms with Gasteiger partial charge in [0.1, 0.15) is 0 Å². The van der Waals surface area contributed by atoms with E-state index in [2.05, 4.69) is 60.8 Å². The molecule has 2 aromatic rings. The molecule has 0 aliphatic heterocycles. The molecule has 21 heavy (non-hydrogen) atoms. The van der Waals surface area contributed by atoms with Gasteiger partial charge in [0.15, 0.2) is 0 Å². The first kappa shape index (κ1) is 15.2. The van der Waals surface area contributed by atoms with Gasteiger partial charge in [-0.1, -0.05) is 60.2 Å². The van der Waals surface area contributed by atoms with E-state index in [1.807, 2.05) is 13.1 Å². The van der Waals surface area contributed by atoms with Gasteiger partial charge in [-0.3, -0.25) is 0 Å². The lowest BCUT2D eigenvalue weighted by Gasteiger charge is -2.12. The summed E-state index contributed by atoms with van der Waals surface area (Å²) in [6.07, 6.45) is 2.72. The van der Waals surface area contributed by atoms with Crippen LogP contribution in [-0.2, 0) is 12.8 Å². The van der Waals surface area contributed by atoms with Crippen LogP contribution in [0.5, 0.6) is 0 Å². The average molecular weight is 280 g/mol. The largest absolute Gasteiger partial charge is 0.401 e. The molecular weight excluding hydrogens is 256 g/mol. The van der Waals surface area contributed by atoms with Gasteiger partial charge in [-0.2, -0.15) is 0 Å². The van der Waals surface area contributed by atoms with Crippen LogP contribution in [0.4, 0.5) is 0 Å². The van der Waals surface area contributed by atoms with Crippen molar-refractivity contribution in [2.24, 2.45) is 5.73 Å². The third-order valence-electron chi connectivity index (χ3n) is 3.72. The van der Waals surface area contributed by atoms with Gasteiger partial charge in [0.2, 0.25) is 0 Å². The number of hydrogen-bond acceptors (Lipinski definition) is 2. The SMILES string of the molecule is CN/C(Cc1ccccc1)=C(\N)CCc1ccc(C)cc1. The molecule has 2 rings (SSSR count). The van der Waals surface area contributed by atoms with Gasteiger partial charge in [0, 0.05) is 24.9 Å². The first-order chi connectivity index (χ1) is 10.2. The Balaban J connectivity index is 2.00. The number of rotatable bonds is 6. The van der Waals surface area contributed by atoms with E-state index in [0.717, 1.165) is 30.7 Å². The summed E-state index contributed by atoms with van der Waals surface area (Å²) in [5.74, 6) is 0. The summed E-state index contributed by atoms with van der Waals surface area (Å²) in [7, 11) is 1.94. The van der Waals surface area contributed by atoms with Crippen molar-refractivity contribution < 1.29 is 0 Å². The fraction of sp³-hybridized carbons (Fsp3) is 0.263. The molecular formula is C19H24N2. The fourth-order valence-corrected chi connectivity index (χ4v) is 2.35. The lowest BCUT2D eigenvalue weighted by molar-refractivity contribution is 0.826. The zero-order chi connectivity index (χ0) is 15.1. The predicted octanol–water partition coefficient (Wildman–Crippen LogP) is 3.56. The molecule has 2 heteroatoms. The molecule has 0 aliphatic rings. The number of nitrogens with one attached hydrogen (secondary N) is 1. The third kappa shape index (κ3) is 4.67. The van der Waals surface area contributed by atoms with Crippen molar-refractivity contribution in [3.8, 4) is 0 Å². The Kier molecular flexibility index (Phi) is 5.44. The molecule has 0 aromatic heterocycles. The molecule has 2 aromatic carbocycles. The van der Waals surface area contributed by atoms with E-state index in [4.69, 9.17) is 5.73 Å². The molecule has 0 atom stereocenters. The first-order valence-electron chi connectivity index (χ1n) is 7.43. The highest BCUT2D eigenvalue weighted by atomic mass is 14.9. The van der Waals surface area contributed by atoms with E-state index in [9.17, 15) is 0 Å². The normalized spacial score (nSPS) is 11.9. The molecule has 110 valence electrons. The minimum absolute atomic E-state index is 0.858. The topological polar surface area (TPSA) is 38.0 Å². The smallest absolute Gasteiger partial charge is 0.0339 e. The van der Waals surface area contributed by atoms with Crippen LogP contribution in [0.15, 0.2) is 66.0 Å². The Morgan fingerprint density at radius 2 is 1.62 bits per heavy atom. The van der Waals surface area contributed by atoms with Crippen molar-refractivity contribution in [3.05, 3.63) is 82.7 Å². The number of aryl methyl sites for hydroxylation is 2. The second-order valence-corrected chi connectivity index (χ2v) is 5.40. The highest BCUT2D eigenvalue weighted by molar-refractivity contribution is 5.25. The number of nitrogens with two attached hydrogens (primary N) is 1. The highest BCUT2D eigenvalue weighted by Crippen LogP contribution is 2.12. The summed E-state index contributed by atoms with van der Waals surface area (Å²) < 4.78 is 0. The van der Waals surface area contributed by atoms with E-state index in [1.165, 1.54) is 16.7 Å². The molecule has 0 heterocycles. The Hall–Kier alpha value is -2.22. The average Bonchev–Trinajstić information content (AvgIpc) is 2.52. The Bertz CT molecular complexity index is 583. The van der Waals surface area contributed by atoms with Gasteiger partial charge in [0.25, 0.3) is 0 Å². The summed E-state index contributed by atoms with van der Waals surface area (Å²) in [5.41, 5.74) is 12.2. The molecule has 0 aliphatic carbocycles. The third-order valence-corrected chi connectivity index (χ3v) is 3.72. The van der Waals surface area contributed by atoms with Gasteiger partial charge >= 0.3 is 0 Å². The molecule has 3 N–H and O–H groups in total. The van der Waals surface area contributed by atoms with Crippen LogP contribution in [0.1, 0.15) is 23.1 Å². The van der Waals surface area contributed by atoms with Crippen molar-refractivity contribution in [3.63, 3.8) is 0 Å². The van der Waals surface area contributed by atoms with Crippen LogP contribution < -0.4 is 11.1 Å². The Morgan fingerprint density at radius 1 is 0.952 bits per heavy atom. The molecule has 0 unspecified atom stereocenters. The Labute approximate surface area is 127 Å². The van der Waals surface area contributed by atoms with Gasteiger partial charge in [-0.05, 0) is 30.9 Å². The van der Waals surface area contributed by atoms with Gasteiger partial charge in [-0.25, -0.2) is 0 Å². The Morgan fingerprint density at radius 3 is 2.24 bits per heavy atom. The molecule has 2 nitrogen and oxygen atoms in total. The first-order valence-corrected chi connectivity index (χ1v) is 7.43. The van der Waals surface area contributed by atoms with Crippen molar-refractivity contribution in [2.75, 3.05) is 7.05 Å². The maximum atomic E-state index is 6.27. The van der Waals surface area contributed by atoms with Crippen molar-refractivity contribution >= 4 is 0 Å². The molecule has 0 fully saturated rings. The van der Waals surface area contributed by atoms with Crippen molar-refractivity contribution in [1.82, 2.24) is 5.32 Å². The zero-order valence-corrected chi connectivity index (χ0v) is 12.9. The van der Waals surface area contributed by atoms with Crippen molar-refractivity contribution in [2.45, 2.75) is 26.2 Å². The zero-order valence-electron chi connectivity index (χ0n) is 12.9. The van der Waals surface area contributed by atoms with Gasteiger partial charge in [-0.15, -0.1) is 0 Å². The molecule has 0 amide bonds. The van der Waals surface area contributed by atoms with E-state index in [1.54, 1.807) is 0 Å². The maximum absolute atomic E-state index is 6.27. The lowest BCUT2D eigenvalue weighted by Crippen LogP contribution is -2.16. The fourth-order valence-electron chi connectivity index (χ4n) is 2.35. The van der Waals surface area contributed by atoms with E-state index < -0.39 is 0 Å². The van der Waals surface area contributed by atoms with Crippen molar-refractivity contribution in [1.29, 1.82) is 0 Å². The molecule has 0 saturated heterocycles. The van der Waals surface area contributed by atoms with Crippen LogP contribution in [0, 0.1) is 6.92 Å². The van der Waals surface area contributed by atoms with E-state index in [0.29, 0.717) is 0 Å². The summed E-state index contributed by atoms with van der Waals surface area (Å²) >= 11 is 0. The van der Waals surface area contributed by atoms with Crippen LogP contribution in [-0.4, -0.2) is 7.05 Å². The number of hydrogen-bond donors (Lipinski definition) is 2. The quantitative estimate of drug-likeness (QED) is 0.849. The van der Waals surface area contributed by atoms with E-state index >= 15 is 0 Å². The second kappa shape index (κ2) is 7.53. The standard InChI is InChI=1S/C19H24N2/c1-15-8-10-16(11-9-15)12-13-18(20)19(21-2)14-17-6-4-3-5-7-17/h3-11,21H,12-14,20H2,1-2H3/b19-18-. The predicted molar refractivity (Wildman–Crippen MR) is 89.9 cm³/mol. The summed E-state index contributed by atoms with van der Waals surface area (Å²) in [4.78, 5) is 0. The summed E-state index contributed by atoms with van der Waals surface area (Å²) in [6.45, 7) is 2.11. The van der Waals surface area contributed by atoms with Crippen LogP contribution in [0.25, 0.3) is 0 Å². The van der Waals surface area contributed by atoms with Gasteiger partial charge in [0.05, 0.1) is 0 Å². The number of allylic oxidation sites excluding steroid dienone is 2. The number of likely N-dealkylation sites (N-methyl/N-ethyl adjacent to an activating group) is 1. The van der Waals surface area contributed by atoms with Crippen LogP contribution in [0.3, 0.4) is 0 Å². The summed E-state index contributed by atoms with van der Waals surface area (Å²) in [5, 5.41) is 3.25.